The van der Waals surface area contributed by atoms with Crippen LogP contribution in [0.3, 0.4) is 0 Å². The van der Waals surface area contributed by atoms with Gasteiger partial charge in [-0.25, -0.2) is 4.79 Å². The van der Waals surface area contributed by atoms with Gasteiger partial charge in [-0.2, -0.15) is 0 Å². The lowest BCUT2D eigenvalue weighted by molar-refractivity contribution is -0.000458. The summed E-state index contributed by atoms with van der Waals surface area (Å²) in [7, 11) is 0. The van der Waals surface area contributed by atoms with Gasteiger partial charge in [0.2, 0.25) is 0 Å². The van der Waals surface area contributed by atoms with Crippen molar-refractivity contribution in [3.05, 3.63) is 0 Å². The van der Waals surface area contributed by atoms with Crippen LogP contribution in [0.5, 0.6) is 0 Å². The minimum absolute atomic E-state index is 0.185. The summed E-state index contributed by atoms with van der Waals surface area (Å²) in [5.74, 6) is 0. The molecule has 0 radical (unpaired) electrons. The van der Waals surface area contributed by atoms with Crippen molar-refractivity contribution in [3.8, 4) is 0 Å². The zero-order valence-corrected chi connectivity index (χ0v) is 15.5. The molecular weight excluding hydrogens is 276 g/mol. The summed E-state index contributed by atoms with van der Waals surface area (Å²) < 4.78 is 5.41. The van der Waals surface area contributed by atoms with Crippen LogP contribution < -0.4 is 5.32 Å². The molecule has 22 heavy (non-hydrogen) atoms. The number of ether oxygens (including phenoxy) is 1. The Balaban J connectivity index is 1.79. The summed E-state index contributed by atoms with van der Waals surface area (Å²) in [5.41, 5.74) is 0.384. The van der Waals surface area contributed by atoms with E-state index in [9.17, 15) is 4.79 Å². The molecule has 0 atom stereocenters. The van der Waals surface area contributed by atoms with E-state index in [0.717, 1.165) is 13.1 Å². The number of hydrogen-bond donors (Lipinski definition) is 1. The number of carbonyl (C=O) groups excluding carboxylic acids is 1. The maximum absolute atomic E-state index is 12.0. The lowest BCUT2D eigenvalue weighted by atomic mass is 9.63. The quantitative estimate of drug-likeness (QED) is 0.843. The summed E-state index contributed by atoms with van der Waals surface area (Å²) in [4.78, 5) is 13.8. The zero-order chi connectivity index (χ0) is 16.8. The maximum atomic E-state index is 12.0. The third kappa shape index (κ3) is 4.87. The number of hydrogen-bond acceptors (Lipinski definition) is 3. The molecule has 0 unspecified atom stereocenters. The van der Waals surface area contributed by atoms with Crippen LogP contribution in [0.25, 0.3) is 0 Å². The second-order valence-electron chi connectivity index (χ2n) is 9.86. The number of rotatable bonds is 2. The third-order valence-electron chi connectivity index (χ3n) is 4.56. The number of likely N-dealkylation sites (tertiary alicyclic amines) is 1. The number of amides is 1. The molecule has 0 bridgehead atoms. The number of nitrogens with one attached hydrogen (secondary N) is 1. The Kier molecular flexibility index (Phi) is 4.55. The smallest absolute Gasteiger partial charge is 0.410 e. The highest BCUT2D eigenvalue weighted by molar-refractivity contribution is 5.69. The van der Waals surface area contributed by atoms with E-state index >= 15 is 0 Å². The van der Waals surface area contributed by atoms with Crippen molar-refractivity contribution < 1.29 is 9.53 Å². The van der Waals surface area contributed by atoms with E-state index in [1.54, 1.807) is 4.90 Å². The van der Waals surface area contributed by atoms with Crippen molar-refractivity contribution in [1.82, 2.24) is 10.2 Å². The molecule has 2 fully saturated rings. The normalized spacial score (nSPS) is 25.7. The van der Waals surface area contributed by atoms with Gasteiger partial charge >= 0.3 is 6.09 Å². The van der Waals surface area contributed by atoms with E-state index in [0.29, 0.717) is 22.9 Å². The van der Waals surface area contributed by atoms with Crippen LogP contribution in [-0.2, 0) is 4.74 Å². The van der Waals surface area contributed by atoms with Crippen LogP contribution in [0.4, 0.5) is 4.79 Å². The summed E-state index contributed by atoms with van der Waals surface area (Å²) in [5, 5.41) is 3.76. The fourth-order valence-corrected chi connectivity index (χ4v) is 4.36. The highest BCUT2D eigenvalue weighted by Gasteiger charge is 2.41. The molecule has 1 saturated heterocycles. The molecule has 0 spiro atoms. The highest BCUT2D eigenvalue weighted by Crippen LogP contribution is 2.45. The third-order valence-corrected chi connectivity index (χ3v) is 4.56. The maximum Gasteiger partial charge on any atom is 0.410 e. The van der Waals surface area contributed by atoms with Gasteiger partial charge in [-0.15, -0.1) is 0 Å². The van der Waals surface area contributed by atoms with Gasteiger partial charge in [-0.1, -0.05) is 27.7 Å². The molecule has 1 heterocycles. The van der Waals surface area contributed by atoms with Crippen molar-refractivity contribution >= 4 is 6.09 Å². The topological polar surface area (TPSA) is 41.6 Å². The minimum Gasteiger partial charge on any atom is -0.444 e. The Labute approximate surface area is 136 Å². The Hall–Kier alpha value is -0.770. The lowest BCUT2D eigenvalue weighted by Crippen LogP contribution is -2.63. The Morgan fingerprint density at radius 2 is 1.55 bits per heavy atom. The van der Waals surface area contributed by atoms with Crippen molar-refractivity contribution in [2.45, 2.75) is 85.4 Å². The summed E-state index contributed by atoms with van der Waals surface area (Å²) in [6.07, 6.45) is 3.54. The van der Waals surface area contributed by atoms with Crippen molar-refractivity contribution in [2.75, 3.05) is 13.1 Å². The van der Waals surface area contributed by atoms with E-state index in [-0.39, 0.29) is 6.09 Å². The van der Waals surface area contributed by atoms with Gasteiger partial charge < -0.3 is 15.0 Å². The lowest BCUT2D eigenvalue weighted by Gasteiger charge is -2.48. The van der Waals surface area contributed by atoms with E-state index < -0.39 is 5.60 Å². The van der Waals surface area contributed by atoms with Crippen LogP contribution in [0.15, 0.2) is 0 Å². The molecule has 0 aromatic carbocycles. The van der Waals surface area contributed by atoms with Crippen LogP contribution in [0.2, 0.25) is 0 Å². The van der Waals surface area contributed by atoms with E-state index in [1.165, 1.54) is 19.3 Å². The Morgan fingerprint density at radius 1 is 1.05 bits per heavy atom. The van der Waals surface area contributed by atoms with Gasteiger partial charge in [0, 0.05) is 25.2 Å². The van der Waals surface area contributed by atoms with Gasteiger partial charge in [0.25, 0.3) is 0 Å². The van der Waals surface area contributed by atoms with E-state index in [4.69, 9.17) is 4.74 Å². The van der Waals surface area contributed by atoms with Crippen LogP contribution in [0, 0.1) is 10.8 Å². The monoisotopic (exact) mass is 310 g/mol. The largest absolute Gasteiger partial charge is 0.444 e. The first-order chi connectivity index (χ1) is 9.85. The Morgan fingerprint density at radius 3 is 2.00 bits per heavy atom. The molecule has 0 aromatic heterocycles. The van der Waals surface area contributed by atoms with Gasteiger partial charge in [-0.05, 0) is 50.9 Å². The second kappa shape index (κ2) is 5.70. The molecule has 2 rings (SSSR count). The molecule has 1 aliphatic heterocycles. The molecule has 4 heteroatoms. The van der Waals surface area contributed by atoms with Crippen LogP contribution >= 0.6 is 0 Å². The zero-order valence-electron chi connectivity index (χ0n) is 15.5. The SMILES string of the molecule is CC1(C)CC(NC2CN(C(=O)OC(C)(C)C)C2)CC(C)(C)C1. The van der Waals surface area contributed by atoms with Crippen molar-refractivity contribution in [2.24, 2.45) is 10.8 Å². The number of carbonyl (C=O) groups is 1. The number of nitrogens with zero attached hydrogens (tertiary/aromatic N) is 1. The second-order valence-corrected chi connectivity index (χ2v) is 9.86. The standard InChI is InChI=1S/C18H34N2O2/c1-16(2,3)22-15(21)20-10-14(11-20)19-13-8-17(4,5)12-18(6,7)9-13/h13-14,19H,8-12H2,1-7H3. The Bertz CT molecular complexity index is 401. The average Bonchev–Trinajstić information content (AvgIpc) is 2.14. The molecule has 128 valence electrons. The summed E-state index contributed by atoms with van der Waals surface area (Å²) >= 11 is 0. The molecular formula is C18H34N2O2. The molecule has 2 aliphatic rings. The fourth-order valence-electron chi connectivity index (χ4n) is 4.36. The highest BCUT2D eigenvalue weighted by atomic mass is 16.6. The van der Waals surface area contributed by atoms with Crippen LogP contribution in [-0.4, -0.2) is 41.8 Å². The van der Waals surface area contributed by atoms with Gasteiger partial charge in [0.15, 0.2) is 0 Å². The van der Waals surface area contributed by atoms with Crippen molar-refractivity contribution in [3.63, 3.8) is 0 Å². The summed E-state index contributed by atoms with van der Waals surface area (Å²) in [6.45, 7) is 16.8. The first kappa shape index (κ1) is 17.6. The molecule has 4 nitrogen and oxygen atoms in total. The van der Waals surface area contributed by atoms with E-state index in [1.807, 2.05) is 20.8 Å². The first-order valence-electron chi connectivity index (χ1n) is 8.59. The van der Waals surface area contributed by atoms with Gasteiger partial charge in [0.1, 0.15) is 5.60 Å². The predicted molar refractivity (Wildman–Crippen MR) is 89.9 cm³/mol. The van der Waals surface area contributed by atoms with E-state index in [2.05, 4.69) is 33.0 Å². The fraction of sp³-hybridized carbons (Fsp3) is 0.944. The molecule has 1 N–H and O–H groups in total. The molecule has 0 aromatic rings. The minimum atomic E-state index is -0.410. The van der Waals surface area contributed by atoms with Crippen molar-refractivity contribution in [1.29, 1.82) is 0 Å². The van der Waals surface area contributed by atoms with Gasteiger partial charge in [-0.3, -0.25) is 0 Å². The first-order valence-corrected chi connectivity index (χ1v) is 8.59. The molecule has 1 amide bonds. The summed E-state index contributed by atoms with van der Waals surface area (Å²) in [6, 6.07) is 0.978. The van der Waals surface area contributed by atoms with Gasteiger partial charge in [0.05, 0.1) is 0 Å². The molecule has 1 aliphatic carbocycles. The predicted octanol–water partition coefficient (Wildman–Crippen LogP) is 3.80. The van der Waals surface area contributed by atoms with Crippen LogP contribution in [0.1, 0.15) is 67.7 Å². The molecule has 1 saturated carbocycles. The average molecular weight is 310 g/mol.